The van der Waals surface area contributed by atoms with E-state index in [-0.39, 0.29) is 11.5 Å². The molecule has 1 amide bonds. The highest BCUT2D eigenvalue weighted by Gasteiger charge is 2.18. The summed E-state index contributed by atoms with van der Waals surface area (Å²) in [6.07, 6.45) is 1.52. The third-order valence-corrected chi connectivity index (χ3v) is 4.99. The number of benzene rings is 2. The molecule has 0 saturated carbocycles. The molecule has 1 aliphatic rings. The Labute approximate surface area is 179 Å². The molecule has 1 aliphatic heterocycles. The number of pyridine rings is 1. The Morgan fingerprint density at radius 2 is 1.94 bits per heavy atom. The lowest BCUT2D eigenvalue weighted by Crippen LogP contribution is -2.40. The minimum atomic E-state index is -0.254. The van der Waals surface area contributed by atoms with Crippen molar-refractivity contribution >= 4 is 34.4 Å². The number of ether oxygens (including phenoxy) is 1. The van der Waals surface area contributed by atoms with Gasteiger partial charge in [-0.15, -0.1) is 0 Å². The normalized spacial score (nSPS) is 14.9. The molecule has 31 heavy (non-hydrogen) atoms. The van der Waals surface area contributed by atoms with Crippen LogP contribution in [0.15, 0.2) is 69.5 Å². The predicted octanol–water partition coefficient (Wildman–Crippen LogP) is 2.33. The highest BCUT2D eigenvalue weighted by molar-refractivity contribution is 6.38. The van der Waals surface area contributed by atoms with E-state index in [1.807, 2.05) is 24.3 Å². The van der Waals surface area contributed by atoms with E-state index in [0.29, 0.717) is 48.8 Å². The van der Waals surface area contributed by atoms with Gasteiger partial charge in [0.25, 0.3) is 11.5 Å². The summed E-state index contributed by atoms with van der Waals surface area (Å²) >= 11 is 0. The molecule has 2 aromatic carbocycles. The number of H-pyrrole nitrogens is 1. The van der Waals surface area contributed by atoms with Crippen LogP contribution in [0.1, 0.15) is 15.9 Å². The summed E-state index contributed by atoms with van der Waals surface area (Å²) < 4.78 is 5.31. The van der Waals surface area contributed by atoms with Gasteiger partial charge in [0.15, 0.2) is 0 Å². The molecule has 8 heteroatoms. The molecule has 0 bridgehead atoms. The largest absolute Gasteiger partial charge is 0.378 e. The number of hydrogen-bond acceptors (Lipinski definition) is 6. The number of hydrazone groups is 1. The van der Waals surface area contributed by atoms with Crippen molar-refractivity contribution < 1.29 is 9.53 Å². The second kappa shape index (κ2) is 9.36. The van der Waals surface area contributed by atoms with Crippen molar-refractivity contribution in [2.45, 2.75) is 0 Å². The van der Waals surface area contributed by atoms with Gasteiger partial charge < -0.3 is 20.0 Å². The average molecular weight is 417 g/mol. The van der Waals surface area contributed by atoms with Crippen LogP contribution in [0.5, 0.6) is 0 Å². The standard InChI is InChI=1S/C23H23N5O3/c1-24-27-21(19-14-16-5-2-3-8-20(16)26-22(19)29)15-25-18-7-4-6-17(13-18)23(30)28-9-11-31-12-10-28/h2-8,13-15,24H,9-12H2,1H3,(H,26,29). The summed E-state index contributed by atoms with van der Waals surface area (Å²) in [5.41, 5.74) is 5.17. The third kappa shape index (κ3) is 4.70. The number of fused-ring (bicyclic) bond motifs is 1. The van der Waals surface area contributed by atoms with Crippen LogP contribution in [0.3, 0.4) is 0 Å². The first-order chi connectivity index (χ1) is 15.2. The zero-order valence-corrected chi connectivity index (χ0v) is 17.2. The Morgan fingerprint density at radius 1 is 1.13 bits per heavy atom. The van der Waals surface area contributed by atoms with Crippen LogP contribution in [0.2, 0.25) is 0 Å². The van der Waals surface area contributed by atoms with E-state index in [0.717, 1.165) is 10.9 Å². The third-order valence-electron chi connectivity index (χ3n) is 4.99. The summed E-state index contributed by atoms with van der Waals surface area (Å²) in [5.74, 6) is -0.0459. The first-order valence-corrected chi connectivity index (χ1v) is 10.0. The second-order valence-corrected chi connectivity index (χ2v) is 7.03. The van der Waals surface area contributed by atoms with Crippen molar-refractivity contribution in [1.82, 2.24) is 15.3 Å². The summed E-state index contributed by atoms with van der Waals surface area (Å²) in [6, 6.07) is 16.4. The molecule has 158 valence electrons. The van der Waals surface area contributed by atoms with Crippen LogP contribution in [0, 0.1) is 0 Å². The molecule has 4 rings (SSSR count). The Morgan fingerprint density at radius 3 is 2.74 bits per heavy atom. The molecule has 1 saturated heterocycles. The number of rotatable bonds is 5. The van der Waals surface area contributed by atoms with Crippen LogP contribution >= 0.6 is 0 Å². The Hall–Kier alpha value is -3.78. The van der Waals surface area contributed by atoms with Crippen LogP contribution in [-0.2, 0) is 4.74 Å². The molecule has 0 radical (unpaired) electrons. The second-order valence-electron chi connectivity index (χ2n) is 7.03. The van der Waals surface area contributed by atoms with E-state index < -0.39 is 0 Å². The molecule has 2 heterocycles. The molecule has 0 spiro atoms. The van der Waals surface area contributed by atoms with Gasteiger partial charge in [-0.3, -0.25) is 14.6 Å². The molecule has 0 aliphatic carbocycles. The van der Waals surface area contributed by atoms with Crippen molar-refractivity contribution in [3.8, 4) is 0 Å². The lowest BCUT2D eigenvalue weighted by Gasteiger charge is -2.26. The fourth-order valence-electron chi connectivity index (χ4n) is 3.42. The van der Waals surface area contributed by atoms with Gasteiger partial charge in [-0.2, -0.15) is 5.10 Å². The first-order valence-electron chi connectivity index (χ1n) is 10.0. The van der Waals surface area contributed by atoms with Crippen molar-refractivity contribution in [1.29, 1.82) is 0 Å². The zero-order valence-electron chi connectivity index (χ0n) is 17.2. The number of morpholine rings is 1. The lowest BCUT2D eigenvalue weighted by molar-refractivity contribution is 0.0303. The maximum Gasteiger partial charge on any atom is 0.258 e. The summed E-state index contributed by atoms with van der Waals surface area (Å²) in [6.45, 7) is 2.26. The van der Waals surface area contributed by atoms with E-state index in [1.54, 1.807) is 42.3 Å². The number of para-hydroxylation sites is 1. The summed E-state index contributed by atoms with van der Waals surface area (Å²) in [4.78, 5) is 34.4. The topological polar surface area (TPSA) is 99.2 Å². The van der Waals surface area contributed by atoms with E-state index >= 15 is 0 Å². The van der Waals surface area contributed by atoms with Gasteiger partial charge in [0.1, 0.15) is 5.71 Å². The molecular weight excluding hydrogens is 394 g/mol. The number of carbonyl (C=O) groups is 1. The average Bonchev–Trinajstić information content (AvgIpc) is 2.81. The van der Waals surface area contributed by atoms with E-state index in [1.165, 1.54) is 6.21 Å². The molecule has 1 fully saturated rings. The lowest BCUT2D eigenvalue weighted by atomic mass is 10.1. The van der Waals surface area contributed by atoms with Crippen molar-refractivity contribution in [2.24, 2.45) is 10.1 Å². The smallest absolute Gasteiger partial charge is 0.258 e. The number of nitrogens with one attached hydrogen (secondary N) is 2. The number of amides is 1. The number of aromatic nitrogens is 1. The van der Waals surface area contributed by atoms with Gasteiger partial charge in [0.2, 0.25) is 0 Å². The number of aliphatic imine (C=N–C) groups is 1. The van der Waals surface area contributed by atoms with Gasteiger partial charge in [-0.05, 0) is 35.7 Å². The number of nitrogens with zero attached hydrogens (tertiary/aromatic N) is 3. The minimum absolute atomic E-state index is 0.0459. The molecule has 3 aromatic rings. The number of carbonyl (C=O) groups excluding carboxylic acids is 1. The molecule has 1 aromatic heterocycles. The van der Waals surface area contributed by atoms with Gasteiger partial charge in [0, 0.05) is 31.2 Å². The molecule has 0 atom stereocenters. The summed E-state index contributed by atoms with van der Waals surface area (Å²) in [7, 11) is 1.66. The number of hydrogen-bond donors (Lipinski definition) is 2. The Balaban J connectivity index is 1.61. The van der Waals surface area contributed by atoms with Crippen LogP contribution in [-0.4, -0.2) is 61.1 Å². The molecule has 2 N–H and O–H groups in total. The minimum Gasteiger partial charge on any atom is -0.378 e. The van der Waals surface area contributed by atoms with Gasteiger partial charge in [0.05, 0.1) is 30.7 Å². The molecular formula is C23H23N5O3. The van der Waals surface area contributed by atoms with Crippen LogP contribution in [0.25, 0.3) is 10.9 Å². The SMILES string of the molecule is CNN=C(C=Nc1cccc(C(=O)N2CCOCC2)c1)c1cc2ccccc2[nH]c1=O. The molecule has 8 nitrogen and oxygen atoms in total. The van der Waals surface area contributed by atoms with E-state index in [2.05, 4.69) is 20.5 Å². The Kier molecular flexibility index (Phi) is 6.18. The number of aromatic amines is 1. The van der Waals surface area contributed by atoms with Crippen molar-refractivity contribution in [2.75, 3.05) is 33.4 Å². The first kappa shape index (κ1) is 20.5. The quantitative estimate of drug-likeness (QED) is 0.492. The van der Waals surface area contributed by atoms with E-state index in [9.17, 15) is 9.59 Å². The van der Waals surface area contributed by atoms with Crippen LogP contribution < -0.4 is 11.0 Å². The van der Waals surface area contributed by atoms with Crippen LogP contribution in [0.4, 0.5) is 5.69 Å². The fourth-order valence-corrected chi connectivity index (χ4v) is 3.42. The monoisotopic (exact) mass is 417 g/mol. The highest BCUT2D eigenvalue weighted by atomic mass is 16.5. The maximum absolute atomic E-state index is 12.7. The summed E-state index contributed by atoms with van der Waals surface area (Å²) in [5, 5.41) is 5.11. The van der Waals surface area contributed by atoms with Gasteiger partial charge in [-0.25, -0.2) is 0 Å². The van der Waals surface area contributed by atoms with Crippen molar-refractivity contribution in [3.05, 3.63) is 76.1 Å². The van der Waals surface area contributed by atoms with Crippen molar-refractivity contribution in [3.63, 3.8) is 0 Å². The highest BCUT2D eigenvalue weighted by Crippen LogP contribution is 2.17. The van der Waals surface area contributed by atoms with Gasteiger partial charge in [-0.1, -0.05) is 24.3 Å². The maximum atomic E-state index is 12.7. The van der Waals surface area contributed by atoms with E-state index in [4.69, 9.17) is 4.74 Å². The predicted molar refractivity (Wildman–Crippen MR) is 121 cm³/mol. The fraction of sp³-hybridized carbons (Fsp3) is 0.217. The molecule has 0 unspecified atom stereocenters. The Bertz CT molecular complexity index is 1210. The van der Waals surface area contributed by atoms with Gasteiger partial charge >= 0.3 is 0 Å². The zero-order chi connectivity index (χ0) is 21.6.